The normalized spacial score (nSPS) is 35.3. The van der Waals surface area contributed by atoms with E-state index in [9.17, 15) is 4.39 Å². The minimum absolute atomic E-state index is 0. The molecule has 2 atom stereocenters. The first-order chi connectivity index (χ1) is 3.80. The SMILES string of the molecule is CC1CNCCC1F.Cl. The molecule has 0 radical (unpaired) electrons. The Balaban J connectivity index is 0.000000640. The van der Waals surface area contributed by atoms with Crippen LogP contribution in [0.15, 0.2) is 0 Å². The molecule has 56 valence electrons. The zero-order valence-corrected chi connectivity index (χ0v) is 6.38. The molecule has 1 heterocycles. The summed E-state index contributed by atoms with van der Waals surface area (Å²) in [6, 6.07) is 0. The van der Waals surface area contributed by atoms with Crippen molar-refractivity contribution in [2.24, 2.45) is 5.92 Å². The zero-order chi connectivity index (χ0) is 5.98. The summed E-state index contributed by atoms with van der Waals surface area (Å²) < 4.78 is 12.5. The number of halogens is 2. The van der Waals surface area contributed by atoms with E-state index in [0.717, 1.165) is 13.1 Å². The maximum atomic E-state index is 12.5. The first kappa shape index (κ1) is 9.18. The van der Waals surface area contributed by atoms with Crippen LogP contribution in [0.4, 0.5) is 4.39 Å². The van der Waals surface area contributed by atoms with Crippen LogP contribution in [-0.2, 0) is 0 Å². The van der Waals surface area contributed by atoms with Crippen molar-refractivity contribution < 1.29 is 4.39 Å². The molecule has 1 N–H and O–H groups in total. The van der Waals surface area contributed by atoms with E-state index in [1.165, 1.54) is 0 Å². The third kappa shape index (κ3) is 2.50. The summed E-state index contributed by atoms with van der Waals surface area (Å²) in [7, 11) is 0. The average Bonchev–Trinajstić information content (AvgIpc) is 1.77. The smallest absolute Gasteiger partial charge is 0.105 e. The fraction of sp³-hybridized carbons (Fsp3) is 1.00. The van der Waals surface area contributed by atoms with Gasteiger partial charge in [0, 0.05) is 6.54 Å². The highest BCUT2D eigenvalue weighted by Gasteiger charge is 2.18. The molecule has 1 rings (SSSR count). The maximum Gasteiger partial charge on any atom is 0.105 e. The molecule has 0 bridgehead atoms. The first-order valence-electron chi connectivity index (χ1n) is 3.15. The second-order valence-electron chi connectivity index (χ2n) is 2.49. The second-order valence-corrected chi connectivity index (χ2v) is 2.49. The van der Waals surface area contributed by atoms with Crippen molar-refractivity contribution in [2.45, 2.75) is 19.5 Å². The highest BCUT2D eigenvalue weighted by Crippen LogP contribution is 2.12. The van der Waals surface area contributed by atoms with Crippen LogP contribution >= 0.6 is 12.4 Å². The number of piperidine rings is 1. The van der Waals surface area contributed by atoms with Gasteiger partial charge < -0.3 is 5.32 Å². The summed E-state index contributed by atoms with van der Waals surface area (Å²) in [6.45, 7) is 3.64. The lowest BCUT2D eigenvalue weighted by Crippen LogP contribution is -2.35. The molecule has 0 aromatic carbocycles. The lowest BCUT2D eigenvalue weighted by molar-refractivity contribution is 0.192. The number of hydrogen-bond donors (Lipinski definition) is 1. The molecule has 3 heteroatoms. The summed E-state index contributed by atoms with van der Waals surface area (Å²) in [5, 5.41) is 3.12. The van der Waals surface area contributed by atoms with E-state index in [-0.39, 0.29) is 18.3 Å². The van der Waals surface area contributed by atoms with Gasteiger partial charge in [0.25, 0.3) is 0 Å². The predicted molar refractivity (Wildman–Crippen MR) is 38.8 cm³/mol. The molecule has 0 aromatic heterocycles. The molecule has 1 aliphatic rings. The minimum atomic E-state index is -0.559. The number of alkyl halides is 1. The summed E-state index contributed by atoms with van der Waals surface area (Å²) in [5.74, 6) is 0.226. The fourth-order valence-corrected chi connectivity index (χ4v) is 0.982. The van der Waals surface area contributed by atoms with Crippen LogP contribution in [0.2, 0.25) is 0 Å². The molecule has 1 fully saturated rings. The van der Waals surface area contributed by atoms with Gasteiger partial charge >= 0.3 is 0 Å². The van der Waals surface area contributed by atoms with Crippen LogP contribution in [0.1, 0.15) is 13.3 Å². The Hall–Kier alpha value is 0.180. The third-order valence-electron chi connectivity index (χ3n) is 1.68. The largest absolute Gasteiger partial charge is 0.316 e. The molecule has 2 unspecified atom stereocenters. The Kier molecular flexibility index (Phi) is 4.15. The van der Waals surface area contributed by atoms with Crippen molar-refractivity contribution in [3.05, 3.63) is 0 Å². The molecular weight excluding hydrogens is 141 g/mol. The van der Waals surface area contributed by atoms with Crippen molar-refractivity contribution >= 4 is 12.4 Å². The van der Waals surface area contributed by atoms with Gasteiger partial charge in [0.15, 0.2) is 0 Å². The zero-order valence-electron chi connectivity index (χ0n) is 5.56. The van der Waals surface area contributed by atoms with Gasteiger partial charge in [-0.25, -0.2) is 4.39 Å². The highest BCUT2D eigenvalue weighted by atomic mass is 35.5. The lowest BCUT2D eigenvalue weighted by Gasteiger charge is -2.22. The Morgan fingerprint density at radius 3 is 2.56 bits per heavy atom. The summed E-state index contributed by atoms with van der Waals surface area (Å²) in [4.78, 5) is 0. The van der Waals surface area contributed by atoms with Gasteiger partial charge in [-0.15, -0.1) is 12.4 Å². The Morgan fingerprint density at radius 2 is 2.22 bits per heavy atom. The minimum Gasteiger partial charge on any atom is -0.316 e. The number of hydrogen-bond acceptors (Lipinski definition) is 1. The average molecular weight is 154 g/mol. The quantitative estimate of drug-likeness (QED) is 0.555. The lowest BCUT2D eigenvalue weighted by atomic mass is 10.0. The Bertz CT molecular complexity index is 69.5. The fourth-order valence-electron chi connectivity index (χ4n) is 0.982. The van der Waals surface area contributed by atoms with Crippen molar-refractivity contribution in [3.63, 3.8) is 0 Å². The van der Waals surface area contributed by atoms with Crippen LogP contribution < -0.4 is 5.32 Å². The molecule has 9 heavy (non-hydrogen) atoms. The van der Waals surface area contributed by atoms with Gasteiger partial charge in [0.2, 0.25) is 0 Å². The van der Waals surface area contributed by atoms with E-state index >= 15 is 0 Å². The van der Waals surface area contributed by atoms with Crippen molar-refractivity contribution in [1.82, 2.24) is 5.32 Å². The van der Waals surface area contributed by atoms with E-state index in [4.69, 9.17) is 0 Å². The molecule has 1 nitrogen and oxygen atoms in total. The van der Waals surface area contributed by atoms with Crippen LogP contribution in [0.3, 0.4) is 0 Å². The molecule has 0 spiro atoms. The van der Waals surface area contributed by atoms with E-state index in [2.05, 4.69) is 5.32 Å². The van der Waals surface area contributed by atoms with Gasteiger partial charge in [-0.2, -0.15) is 0 Å². The van der Waals surface area contributed by atoms with Gasteiger partial charge in [-0.1, -0.05) is 6.92 Å². The Morgan fingerprint density at radius 1 is 1.56 bits per heavy atom. The summed E-state index contributed by atoms with van der Waals surface area (Å²) in [5.41, 5.74) is 0. The molecule has 1 aliphatic heterocycles. The maximum absolute atomic E-state index is 12.5. The van der Waals surface area contributed by atoms with Crippen LogP contribution in [0.25, 0.3) is 0 Å². The molecule has 0 aliphatic carbocycles. The number of nitrogens with one attached hydrogen (secondary N) is 1. The van der Waals surface area contributed by atoms with Gasteiger partial charge in [0.1, 0.15) is 6.17 Å². The highest BCUT2D eigenvalue weighted by molar-refractivity contribution is 5.85. The van der Waals surface area contributed by atoms with E-state index in [0.29, 0.717) is 6.42 Å². The first-order valence-corrected chi connectivity index (χ1v) is 3.15. The van der Waals surface area contributed by atoms with Crippen molar-refractivity contribution in [2.75, 3.05) is 13.1 Å². The molecular formula is C6H13ClFN. The molecule has 0 aromatic rings. The predicted octanol–water partition coefficient (Wildman–Crippen LogP) is 1.38. The molecule has 0 amide bonds. The van der Waals surface area contributed by atoms with E-state index in [1.807, 2.05) is 6.92 Å². The Labute approximate surface area is 61.4 Å². The van der Waals surface area contributed by atoms with Crippen LogP contribution in [0.5, 0.6) is 0 Å². The van der Waals surface area contributed by atoms with Crippen molar-refractivity contribution in [1.29, 1.82) is 0 Å². The van der Waals surface area contributed by atoms with E-state index in [1.54, 1.807) is 0 Å². The third-order valence-corrected chi connectivity index (χ3v) is 1.68. The monoisotopic (exact) mass is 153 g/mol. The van der Waals surface area contributed by atoms with Crippen LogP contribution in [-0.4, -0.2) is 19.3 Å². The van der Waals surface area contributed by atoms with Gasteiger partial charge in [-0.3, -0.25) is 0 Å². The molecule has 0 saturated carbocycles. The summed E-state index contributed by atoms with van der Waals surface area (Å²) >= 11 is 0. The van der Waals surface area contributed by atoms with Crippen molar-refractivity contribution in [3.8, 4) is 0 Å². The van der Waals surface area contributed by atoms with Crippen LogP contribution in [0, 0.1) is 5.92 Å². The van der Waals surface area contributed by atoms with Gasteiger partial charge in [0.05, 0.1) is 0 Å². The summed E-state index contributed by atoms with van der Waals surface area (Å²) in [6.07, 6.45) is 0.137. The standard InChI is InChI=1S/C6H12FN.ClH/c1-5-4-8-3-2-6(5)7;/h5-6,8H,2-4H2,1H3;1H. The topological polar surface area (TPSA) is 12.0 Å². The number of rotatable bonds is 0. The van der Waals surface area contributed by atoms with Gasteiger partial charge in [-0.05, 0) is 18.9 Å². The second kappa shape index (κ2) is 4.07. The molecule has 1 saturated heterocycles. The van der Waals surface area contributed by atoms with E-state index < -0.39 is 6.17 Å².